The molecule has 2 aromatic rings. The third kappa shape index (κ3) is 3.01. The minimum atomic E-state index is -0.254. The quantitative estimate of drug-likeness (QED) is 0.830. The number of aromatic nitrogens is 2. The number of amides is 1. The van der Waals surface area contributed by atoms with Crippen LogP contribution < -0.4 is 5.32 Å². The van der Waals surface area contributed by atoms with Crippen molar-refractivity contribution in [3.8, 4) is 0 Å². The molecule has 0 aliphatic heterocycles. The Morgan fingerprint density at radius 1 is 1.35 bits per heavy atom. The van der Waals surface area contributed by atoms with Gasteiger partial charge in [0, 0.05) is 17.5 Å². The van der Waals surface area contributed by atoms with Crippen LogP contribution in [0.5, 0.6) is 0 Å². The highest BCUT2D eigenvalue weighted by molar-refractivity contribution is 6.29. The van der Waals surface area contributed by atoms with Crippen LogP contribution in [-0.4, -0.2) is 15.9 Å². The highest BCUT2D eigenvalue weighted by atomic mass is 35.5. The lowest BCUT2D eigenvalue weighted by Crippen LogP contribution is -2.13. The summed E-state index contributed by atoms with van der Waals surface area (Å²) >= 11 is 5.79. The molecule has 2 aromatic heterocycles. The second-order valence-electron chi connectivity index (χ2n) is 3.49. The summed E-state index contributed by atoms with van der Waals surface area (Å²) in [7, 11) is 0. The molecule has 1 amide bonds. The highest BCUT2D eigenvalue weighted by Crippen LogP contribution is 2.12. The number of halogens is 1. The van der Waals surface area contributed by atoms with Gasteiger partial charge in [-0.25, -0.2) is 9.97 Å². The Morgan fingerprint density at radius 2 is 2.18 bits per heavy atom. The second kappa shape index (κ2) is 4.93. The van der Waals surface area contributed by atoms with Crippen LogP contribution in [0.15, 0.2) is 36.5 Å². The van der Waals surface area contributed by atoms with E-state index < -0.39 is 0 Å². The van der Waals surface area contributed by atoms with Gasteiger partial charge in [-0.1, -0.05) is 17.7 Å². The summed E-state index contributed by atoms with van der Waals surface area (Å²) in [5.74, 6) is 0.249. The van der Waals surface area contributed by atoms with Crippen LogP contribution in [0.1, 0.15) is 16.1 Å². The molecule has 0 spiro atoms. The first kappa shape index (κ1) is 11.5. The van der Waals surface area contributed by atoms with Gasteiger partial charge in [0.05, 0.1) is 0 Å². The predicted octanol–water partition coefficient (Wildman–Crippen LogP) is 2.69. The number of hydrogen-bond donors (Lipinski definition) is 1. The van der Waals surface area contributed by atoms with Crippen molar-refractivity contribution in [3.63, 3.8) is 0 Å². The van der Waals surface area contributed by atoms with Crippen LogP contribution in [0, 0.1) is 6.92 Å². The van der Waals surface area contributed by atoms with Gasteiger partial charge in [0.2, 0.25) is 0 Å². The summed E-state index contributed by atoms with van der Waals surface area (Å²) in [6, 6.07) is 8.49. The van der Waals surface area contributed by atoms with Gasteiger partial charge in [-0.15, -0.1) is 0 Å². The third-order valence-corrected chi connectivity index (χ3v) is 2.28. The standard InChI is InChI=1S/C12H10ClN3O/c1-8-6-9(7-10(13)15-8)12(17)16-11-4-2-3-5-14-11/h2-7H,1H3,(H,14,16,17). The minimum absolute atomic E-state index is 0.254. The maximum Gasteiger partial charge on any atom is 0.256 e. The van der Waals surface area contributed by atoms with Crippen molar-refractivity contribution in [2.75, 3.05) is 5.32 Å². The molecule has 2 rings (SSSR count). The van der Waals surface area contributed by atoms with Gasteiger partial charge in [0.1, 0.15) is 11.0 Å². The van der Waals surface area contributed by atoms with Crippen LogP contribution >= 0.6 is 11.6 Å². The molecule has 86 valence electrons. The van der Waals surface area contributed by atoms with Gasteiger partial charge in [0.15, 0.2) is 0 Å². The van der Waals surface area contributed by atoms with Crippen molar-refractivity contribution < 1.29 is 4.79 Å². The Kier molecular flexibility index (Phi) is 3.35. The zero-order valence-corrected chi connectivity index (χ0v) is 9.90. The summed E-state index contributed by atoms with van der Waals surface area (Å²) in [6.07, 6.45) is 1.61. The fourth-order valence-corrected chi connectivity index (χ4v) is 1.64. The largest absolute Gasteiger partial charge is 0.307 e. The van der Waals surface area contributed by atoms with Gasteiger partial charge in [-0.3, -0.25) is 4.79 Å². The van der Waals surface area contributed by atoms with Crippen molar-refractivity contribution >= 4 is 23.3 Å². The highest BCUT2D eigenvalue weighted by Gasteiger charge is 2.08. The molecular formula is C12H10ClN3O. The molecule has 0 aliphatic rings. The Labute approximate surface area is 104 Å². The van der Waals surface area contributed by atoms with E-state index in [1.165, 1.54) is 6.07 Å². The normalized spacial score (nSPS) is 10.0. The Hall–Kier alpha value is -1.94. The molecule has 0 fully saturated rings. The van der Waals surface area contributed by atoms with Gasteiger partial charge in [-0.2, -0.15) is 0 Å². The number of carbonyl (C=O) groups excluding carboxylic acids is 1. The van der Waals surface area contributed by atoms with Gasteiger partial charge in [0.25, 0.3) is 5.91 Å². The van der Waals surface area contributed by atoms with Crippen molar-refractivity contribution in [2.45, 2.75) is 6.92 Å². The summed E-state index contributed by atoms with van der Waals surface area (Å²) < 4.78 is 0. The number of carbonyl (C=O) groups is 1. The Bertz CT molecular complexity index is 522. The monoisotopic (exact) mass is 247 g/mol. The predicted molar refractivity (Wildman–Crippen MR) is 66.2 cm³/mol. The number of aryl methyl sites for hydroxylation is 1. The molecular weight excluding hydrogens is 238 g/mol. The molecule has 0 saturated carbocycles. The van der Waals surface area contributed by atoms with Crippen LogP contribution in [0.3, 0.4) is 0 Å². The summed E-state index contributed by atoms with van der Waals surface area (Å²) in [5.41, 5.74) is 1.16. The van der Waals surface area contributed by atoms with Crippen molar-refractivity contribution in [1.29, 1.82) is 0 Å². The molecule has 0 atom stereocenters. The molecule has 0 bridgehead atoms. The van der Waals surface area contributed by atoms with E-state index in [2.05, 4.69) is 15.3 Å². The number of nitrogens with one attached hydrogen (secondary N) is 1. The molecule has 1 N–H and O–H groups in total. The number of anilines is 1. The zero-order valence-electron chi connectivity index (χ0n) is 9.14. The molecule has 0 radical (unpaired) electrons. The Balaban J connectivity index is 2.20. The molecule has 0 aliphatic carbocycles. The summed E-state index contributed by atoms with van der Waals surface area (Å²) in [6.45, 7) is 1.78. The molecule has 0 saturated heterocycles. The fourth-order valence-electron chi connectivity index (χ4n) is 1.38. The summed E-state index contributed by atoms with van der Waals surface area (Å²) in [4.78, 5) is 19.9. The van der Waals surface area contributed by atoms with E-state index >= 15 is 0 Å². The van der Waals surface area contributed by atoms with Gasteiger partial charge in [-0.05, 0) is 31.2 Å². The van der Waals surface area contributed by atoms with Crippen LogP contribution in [-0.2, 0) is 0 Å². The lowest BCUT2D eigenvalue weighted by Gasteiger charge is -2.05. The first-order chi connectivity index (χ1) is 8.15. The van der Waals surface area contributed by atoms with E-state index in [4.69, 9.17) is 11.6 Å². The number of hydrogen-bond acceptors (Lipinski definition) is 3. The maximum atomic E-state index is 11.9. The first-order valence-electron chi connectivity index (χ1n) is 5.02. The minimum Gasteiger partial charge on any atom is -0.307 e. The van der Waals surface area contributed by atoms with E-state index in [-0.39, 0.29) is 5.91 Å². The van der Waals surface area contributed by atoms with E-state index in [0.717, 1.165) is 0 Å². The van der Waals surface area contributed by atoms with E-state index in [9.17, 15) is 4.79 Å². The topological polar surface area (TPSA) is 54.9 Å². The molecule has 0 aromatic carbocycles. The van der Waals surface area contributed by atoms with E-state index in [1.807, 2.05) is 0 Å². The van der Waals surface area contributed by atoms with Crippen molar-refractivity contribution in [1.82, 2.24) is 9.97 Å². The number of rotatable bonds is 2. The SMILES string of the molecule is Cc1cc(C(=O)Nc2ccccn2)cc(Cl)n1. The van der Waals surface area contributed by atoms with Gasteiger partial charge < -0.3 is 5.32 Å². The molecule has 5 heteroatoms. The van der Waals surface area contributed by atoms with Crippen LogP contribution in [0.4, 0.5) is 5.82 Å². The molecule has 4 nitrogen and oxygen atoms in total. The van der Waals surface area contributed by atoms with Gasteiger partial charge >= 0.3 is 0 Å². The number of nitrogens with zero attached hydrogens (tertiary/aromatic N) is 2. The Morgan fingerprint density at radius 3 is 2.82 bits per heavy atom. The lowest BCUT2D eigenvalue weighted by molar-refractivity contribution is 0.102. The zero-order chi connectivity index (χ0) is 12.3. The first-order valence-corrected chi connectivity index (χ1v) is 5.39. The maximum absolute atomic E-state index is 11.9. The fraction of sp³-hybridized carbons (Fsp3) is 0.0833. The van der Waals surface area contributed by atoms with Crippen LogP contribution in [0.2, 0.25) is 5.15 Å². The molecule has 17 heavy (non-hydrogen) atoms. The second-order valence-corrected chi connectivity index (χ2v) is 3.88. The van der Waals surface area contributed by atoms with E-state index in [0.29, 0.717) is 22.2 Å². The van der Waals surface area contributed by atoms with Crippen molar-refractivity contribution in [2.24, 2.45) is 0 Å². The lowest BCUT2D eigenvalue weighted by atomic mass is 10.2. The summed E-state index contributed by atoms with van der Waals surface area (Å²) in [5, 5.41) is 2.98. The van der Waals surface area contributed by atoms with E-state index in [1.54, 1.807) is 37.4 Å². The van der Waals surface area contributed by atoms with Crippen LogP contribution in [0.25, 0.3) is 0 Å². The van der Waals surface area contributed by atoms with Crippen molar-refractivity contribution in [3.05, 3.63) is 52.9 Å². The number of pyridine rings is 2. The average molecular weight is 248 g/mol. The smallest absolute Gasteiger partial charge is 0.256 e. The molecule has 2 heterocycles. The average Bonchev–Trinajstić information content (AvgIpc) is 2.29. The molecule has 0 unspecified atom stereocenters. The third-order valence-electron chi connectivity index (χ3n) is 2.09.